The second-order valence-electron chi connectivity index (χ2n) is 7.45. The van der Waals surface area contributed by atoms with Crippen LogP contribution in [0.3, 0.4) is 0 Å². The van der Waals surface area contributed by atoms with Crippen LogP contribution in [0.5, 0.6) is 0 Å². The van der Waals surface area contributed by atoms with Crippen LogP contribution in [0.25, 0.3) is 0 Å². The summed E-state index contributed by atoms with van der Waals surface area (Å²) in [6.45, 7) is -0.245. The summed E-state index contributed by atoms with van der Waals surface area (Å²) in [4.78, 5) is 39.1. The van der Waals surface area contributed by atoms with Crippen molar-refractivity contribution in [1.82, 2.24) is 4.90 Å². The van der Waals surface area contributed by atoms with Gasteiger partial charge in [0, 0.05) is 0 Å². The number of hydrogen-bond donors (Lipinski definition) is 1. The van der Waals surface area contributed by atoms with E-state index in [0.29, 0.717) is 22.5 Å². The van der Waals surface area contributed by atoms with Crippen molar-refractivity contribution in [3.63, 3.8) is 0 Å². The Balaban J connectivity index is 1.34. The number of nitrogens with zero attached hydrogens (tertiary/aromatic N) is 1. The van der Waals surface area contributed by atoms with Crippen molar-refractivity contribution in [3.05, 3.63) is 41.4 Å². The number of nitrogens with one attached hydrogen (secondary N) is 1. The van der Waals surface area contributed by atoms with Gasteiger partial charge in [0.25, 0.3) is 0 Å². The number of likely N-dealkylation sites (tertiary alicyclic amines) is 1. The SMILES string of the molecule is O=C(CN1C(=O)[C@@H]2[C@H]3C=C[C@@H]([C@@H]4C[C@@H]34)[C@H]2C1=O)Nc1ccccc1Cl. The van der Waals surface area contributed by atoms with Crippen LogP contribution < -0.4 is 5.32 Å². The van der Waals surface area contributed by atoms with E-state index in [1.165, 1.54) is 0 Å². The summed E-state index contributed by atoms with van der Waals surface area (Å²) >= 11 is 6.04. The van der Waals surface area contributed by atoms with E-state index < -0.39 is 5.91 Å². The van der Waals surface area contributed by atoms with Crippen LogP contribution in [0.1, 0.15) is 6.42 Å². The molecule has 1 heterocycles. The largest absolute Gasteiger partial charge is 0.323 e. The Morgan fingerprint density at radius 2 is 1.68 bits per heavy atom. The normalized spacial score (nSPS) is 37.1. The summed E-state index contributed by atoms with van der Waals surface area (Å²) < 4.78 is 0. The highest BCUT2D eigenvalue weighted by Gasteiger charge is 2.67. The molecule has 1 aromatic carbocycles. The van der Waals surface area contributed by atoms with Gasteiger partial charge in [-0.3, -0.25) is 19.3 Å². The van der Waals surface area contributed by atoms with E-state index in [-0.39, 0.29) is 42.0 Å². The molecule has 1 aromatic rings. The topological polar surface area (TPSA) is 66.5 Å². The van der Waals surface area contributed by atoms with Gasteiger partial charge in [0.15, 0.2) is 0 Å². The molecule has 3 amide bonds. The first-order chi connectivity index (χ1) is 12.1. The molecule has 25 heavy (non-hydrogen) atoms. The summed E-state index contributed by atoms with van der Waals surface area (Å²) in [6.07, 6.45) is 5.37. The number of carbonyl (C=O) groups is 3. The fourth-order valence-corrected chi connectivity index (χ4v) is 5.25. The molecule has 6 atom stereocenters. The highest BCUT2D eigenvalue weighted by Crippen LogP contribution is 2.65. The van der Waals surface area contributed by atoms with E-state index in [9.17, 15) is 14.4 Å². The Labute approximate surface area is 150 Å². The number of carbonyl (C=O) groups excluding carboxylic acids is 3. The van der Waals surface area contributed by atoms with Crippen LogP contribution in [0.4, 0.5) is 5.69 Å². The number of para-hydroxylation sites is 1. The molecule has 128 valence electrons. The van der Waals surface area contributed by atoms with Gasteiger partial charge in [-0.05, 0) is 42.2 Å². The third-order valence-electron chi connectivity index (χ3n) is 6.20. The average Bonchev–Trinajstić information content (AvgIpc) is 3.38. The zero-order valence-corrected chi connectivity index (χ0v) is 14.1. The fourth-order valence-electron chi connectivity index (χ4n) is 5.07. The number of halogens is 1. The van der Waals surface area contributed by atoms with Gasteiger partial charge in [0.2, 0.25) is 17.7 Å². The van der Waals surface area contributed by atoms with Gasteiger partial charge in [-0.2, -0.15) is 0 Å². The van der Waals surface area contributed by atoms with Crippen molar-refractivity contribution in [3.8, 4) is 0 Å². The predicted molar refractivity (Wildman–Crippen MR) is 91.5 cm³/mol. The zero-order valence-electron chi connectivity index (χ0n) is 13.4. The van der Waals surface area contributed by atoms with Crippen LogP contribution in [0, 0.1) is 35.5 Å². The van der Waals surface area contributed by atoms with E-state index in [2.05, 4.69) is 17.5 Å². The Kier molecular flexibility index (Phi) is 3.14. The number of imide groups is 1. The maximum Gasteiger partial charge on any atom is 0.244 e. The van der Waals surface area contributed by atoms with Gasteiger partial charge < -0.3 is 5.32 Å². The van der Waals surface area contributed by atoms with Crippen molar-refractivity contribution in [2.45, 2.75) is 6.42 Å². The predicted octanol–water partition coefficient (Wildman–Crippen LogP) is 2.33. The molecule has 3 fully saturated rings. The molecule has 6 heteroatoms. The number of hydrogen-bond acceptors (Lipinski definition) is 3. The highest BCUT2D eigenvalue weighted by molar-refractivity contribution is 6.33. The molecule has 4 aliphatic carbocycles. The van der Waals surface area contributed by atoms with E-state index >= 15 is 0 Å². The summed E-state index contributed by atoms with van der Waals surface area (Å²) in [5, 5.41) is 3.10. The van der Waals surface area contributed by atoms with E-state index in [0.717, 1.165) is 11.3 Å². The van der Waals surface area contributed by atoms with Gasteiger partial charge in [-0.25, -0.2) is 0 Å². The molecular formula is C19H17ClN2O3. The average molecular weight is 357 g/mol. The van der Waals surface area contributed by atoms with Gasteiger partial charge in [-0.1, -0.05) is 35.9 Å². The smallest absolute Gasteiger partial charge is 0.244 e. The lowest BCUT2D eigenvalue weighted by Gasteiger charge is -2.37. The van der Waals surface area contributed by atoms with E-state index in [1.807, 2.05) is 0 Å². The number of rotatable bonds is 3. The maximum absolute atomic E-state index is 12.8. The maximum atomic E-state index is 12.8. The first-order valence-electron chi connectivity index (χ1n) is 8.64. The highest BCUT2D eigenvalue weighted by atomic mass is 35.5. The number of amides is 3. The lowest BCUT2D eigenvalue weighted by atomic mass is 9.63. The fraction of sp³-hybridized carbons (Fsp3) is 0.421. The van der Waals surface area contributed by atoms with Crippen molar-refractivity contribution >= 4 is 35.0 Å². The monoisotopic (exact) mass is 356 g/mol. The second kappa shape index (κ2) is 5.18. The Bertz CT molecular complexity index is 800. The first kappa shape index (κ1) is 15.1. The lowest BCUT2D eigenvalue weighted by Crippen LogP contribution is -2.40. The third-order valence-corrected chi connectivity index (χ3v) is 6.53. The van der Waals surface area contributed by atoms with E-state index in [4.69, 9.17) is 11.6 Å². The van der Waals surface area contributed by atoms with Crippen LogP contribution in [0.2, 0.25) is 5.02 Å². The molecule has 1 aliphatic heterocycles. The Morgan fingerprint density at radius 3 is 2.28 bits per heavy atom. The molecule has 2 saturated carbocycles. The standard InChI is InChI=1S/C19H17ClN2O3/c20-13-3-1-2-4-14(13)21-15(23)8-22-18(24)16-9-5-6-10(12-7-11(9)12)17(16)19(22)25/h1-6,9-12,16-17H,7-8H2,(H,21,23)/t9-,10-,11-,12-,16+,17+/m0/s1. The first-order valence-corrected chi connectivity index (χ1v) is 9.02. The van der Waals surface area contributed by atoms with Gasteiger partial charge in [0.1, 0.15) is 6.54 Å². The summed E-state index contributed by atoms with van der Waals surface area (Å²) in [5.74, 6) is 0.164. The van der Waals surface area contributed by atoms with Crippen molar-refractivity contribution < 1.29 is 14.4 Å². The molecule has 1 N–H and O–H groups in total. The van der Waals surface area contributed by atoms with Crippen LogP contribution in [-0.2, 0) is 14.4 Å². The Morgan fingerprint density at radius 1 is 1.08 bits per heavy atom. The third kappa shape index (κ3) is 2.11. The molecular weight excluding hydrogens is 340 g/mol. The molecule has 0 spiro atoms. The van der Waals surface area contributed by atoms with Crippen LogP contribution in [0.15, 0.2) is 36.4 Å². The minimum absolute atomic E-state index is 0.174. The summed E-state index contributed by atoms with van der Waals surface area (Å²) in [7, 11) is 0. The molecule has 2 bridgehead atoms. The number of anilines is 1. The van der Waals surface area contributed by atoms with Crippen molar-refractivity contribution in [2.75, 3.05) is 11.9 Å². The van der Waals surface area contributed by atoms with Crippen LogP contribution >= 0.6 is 11.6 Å². The molecule has 0 radical (unpaired) electrons. The molecule has 6 rings (SSSR count). The molecule has 1 saturated heterocycles. The van der Waals surface area contributed by atoms with Crippen molar-refractivity contribution in [1.29, 1.82) is 0 Å². The molecule has 5 aliphatic rings. The summed E-state index contributed by atoms with van der Waals surface area (Å²) in [6, 6.07) is 6.89. The van der Waals surface area contributed by atoms with Crippen LogP contribution in [-0.4, -0.2) is 29.2 Å². The van der Waals surface area contributed by atoms with E-state index in [1.54, 1.807) is 24.3 Å². The van der Waals surface area contributed by atoms with Crippen molar-refractivity contribution in [2.24, 2.45) is 35.5 Å². The summed E-state index contributed by atoms with van der Waals surface area (Å²) in [5.41, 5.74) is 0.480. The van der Waals surface area contributed by atoms with Gasteiger partial charge in [0.05, 0.1) is 22.5 Å². The van der Waals surface area contributed by atoms with Gasteiger partial charge >= 0.3 is 0 Å². The quantitative estimate of drug-likeness (QED) is 0.667. The minimum atomic E-state index is -0.404. The zero-order chi connectivity index (χ0) is 17.3. The lowest BCUT2D eigenvalue weighted by molar-refractivity contribution is -0.142. The number of allylic oxidation sites excluding steroid dienone is 2. The van der Waals surface area contributed by atoms with Gasteiger partial charge in [-0.15, -0.1) is 0 Å². The molecule has 0 unspecified atom stereocenters. The molecule has 5 nitrogen and oxygen atoms in total. The second-order valence-corrected chi connectivity index (χ2v) is 7.85. The molecule has 0 aromatic heterocycles. The number of benzene rings is 1. The minimum Gasteiger partial charge on any atom is -0.323 e. The Hall–Kier alpha value is -2.14.